The van der Waals surface area contributed by atoms with Gasteiger partial charge in [0.2, 0.25) is 12.7 Å². The van der Waals surface area contributed by atoms with Crippen LogP contribution in [0.4, 0.5) is 0 Å². The van der Waals surface area contributed by atoms with Crippen molar-refractivity contribution < 1.29 is 23.7 Å². The molecule has 0 unspecified atom stereocenters. The molecule has 182 valence electrons. The lowest BCUT2D eigenvalue weighted by atomic mass is 9.74. The van der Waals surface area contributed by atoms with E-state index < -0.39 is 0 Å². The number of hydrogen-bond donors (Lipinski definition) is 1. The van der Waals surface area contributed by atoms with Gasteiger partial charge in [-0.2, -0.15) is 0 Å². The number of nitrogens with one attached hydrogen (secondary N) is 1. The van der Waals surface area contributed by atoms with Crippen LogP contribution in [0.3, 0.4) is 0 Å². The molecule has 8 heteroatoms. The first kappa shape index (κ1) is 23.4. The van der Waals surface area contributed by atoms with Gasteiger partial charge >= 0.3 is 0 Å². The van der Waals surface area contributed by atoms with Crippen molar-refractivity contribution in [1.82, 2.24) is 10.3 Å². The third-order valence-electron chi connectivity index (χ3n) is 6.37. The molecule has 0 aliphatic carbocycles. The predicted octanol–water partition coefficient (Wildman–Crippen LogP) is 4.64. The Kier molecular flexibility index (Phi) is 7.01. The van der Waals surface area contributed by atoms with Crippen molar-refractivity contribution in [2.24, 2.45) is 0 Å². The van der Waals surface area contributed by atoms with Crippen LogP contribution in [-0.2, 0) is 21.6 Å². The molecule has 2 aliphatic rings. The van der Waals surface area contributed by atoms with Gasteiger partial charge in [-0.1, -0.05) is 18.2 Å². The lowest BCUT2D eigenvalue weighted by Gasteiger charge is -2.38. The zero-order valence-corrected chi connectivity index (χ0v) is 20.4. The van der Waals surface area contributed by atoms with Crippen LogP contribution in [0.1, 0.15) is 34.7 Å². The van der Waals surface area contributed by atoms with Crippen LogP contribution in [0.2, 0.25) is 0 Å². The van der Waals surface area contributed by atoms with Crippen LogP contribution in [-0.4, -0.2) is 37.4 Å². The second-order valence-corrected chi connectivity index (χ2v) is 9.79. The standard InChI is InChI=1S/C27H28N2O5S/c1-19-29-22(16-35-19)15-32-23-4-2-3-20(13-23)5-8-26(30)28-17-27(9-11-31-12-10-27)21-6-7-24-25(14-21)34-18-33-24/h2-8,13-14,16H,9-12,15,17-18H2,1H3,(H,28,30)/b8-5+. The fraction of sp³-hybridized carbons (Fsp3) is 0.333. The maximum Gasteiger partial charge on any atom is 0.244 e. The smallest absolute Gasteiger partial charge is 0.244 e. The maximum atomic E-state index is 12.7. The second-order valence-electron chi connectivity index (χ2n) is 8.73. The highest BCUT2D eigenvalue weighted by atomic mass is 32.1. The van der Waals surface area contributed by atoms with E-state index in [0.29, 0.717) is 26.4 Å². The summed E-state index contributed by atoms with van der Waals surface area (Å²) in [6.45, 7) is 4.48. The van der Waals surface area contributed by atoms with E-state index in [4.69, 9.17) is 18.9 Å². The average molecular weight is 493 g/mol. The molecule has 0 radical (unpaired) electrons. The summed E-state index contributed by atoms with van der Waals surface area (Å²) in [5.74, 6) is 2.12. The van der Waals surface area contributed by atoms with Crippen molar-refractivity contribution in [1.29, 1.82) is 0 Å². The van der Waals surface area contributed by atoms with Crippen molar-refractivity contribution in [3.8, 4) is 17.2 Å². The average Bonchev–Trinajstić information content (AvgIpc) is 3.54. The molecular formula is C27H28N2O5S. The van der Waals surface area contributed by atoms with Crippen LogP contribution in [0, 0.1) is 6.92 Å². The molecule has 35 heavy (non-hydrogen) atoms. The Morgan fingerprint density at radius 1 is 1.17 bits per heavy atom. The minimum absolute atomic E-state index is 0.138. The van der Waals surface area contributed by atoms with Gasteiger partial charge in [-0.15, -0.1) is 11.3 Å². The molecule has 7 nitrogen and oxygen atoms in total. The number of aromatic nitrogens is 1. The molecule has 0 saturated carbocycles. The monoisotopic (exact) mass is 492 g/mol. The van der Waals surface area contributed by atoms with E-state index in [1.54, 1.807) is 23.5 Å². The van der Waals surface area contributed by atoms with Crippen LogP contribution in [0.15, 0.2) is 53.9 Å². The molecule has 1 aromatic heterocycles. The van der Waals surface area contributed by atoms with Gasteiger partial charge in [0.1, 0.15) is 12.4 Å². The Morgan fingerprint density at radius 3 is 2.86 bits per heavy atom. The van der Waals surface area contributed by atoms with Gasteiger partial charge in [-0.05, 0) is 61.2 Å². The molecule has 0 atom stereocenters. The van der Waals surface area contributed by atoms with E-state index >= 15 is 0 Å². The van der Waals surface area contributed by atoms with E-state index in [2.05, 4.69) is 16.4 Å². The Morgan fingerprint density at radius 2 is 2.03 bits per heavy atom. The molecule has 0 spiro atoms. The number of fused-ring (bicyclic) bond motifs is 1. The van der Waals surface area contributed by atoms with Crippen molar-refractivity contribution in [2.45, 2.75) is 31.8 Å². The Bertz CT molecular complexity index is 1220. The molecule has 1 saturated heterocycles. The summed E-state index contributed by atoms with van der Waals surface area (Å²) in [6.07, 6.45) is 5.02. The Balaban J connectivity index is 1.21. The number of ether oxygens (including phenoxy) is 4. The minimum Gasteiger partial charge on any atom is -0.487 e. The third kappa shape index (κ3) is 5.66. The lowest BCUT2D eigenvalue weighted by Crippen LogP contribution is -2.44. The summed E-state index contributed by atoms with van der Waals surface area (Å²) in [5, 5.41) is 6.12. The number of rotatable bonds is 8. The van der Waals surface area contributed by atoms with E-state index in [0.717, 1.165) is 51.9 Å². The van der Waals surface area contributed by atoms with Crippen molar-refractivity contribution >= 4 is 23.3 Å². The minimum atomic E-state index is -0.204. The highest BCUT2D eigenvalue weighted by molar-refractivity contribution is 7.09. The van der Waals surface area contributed by atoms with Crippen molar-refractivity contribution in [2.75, 3.05) is 26.6 Å². The maximum absolute atomic E-state index is 12.7. The zero-order valence-electron chi connectivity index (χ0n) is 19.6. The van der Waals surface area contributed by atoms with E-state index in [1.165, 1.54) is 0 Å². The predicted molar refractivity (Wildman–Crippen MR) is 134 cm³/mol. The van der Waals surface area contributed by atoms with Crippen LogP contribution in [0.5, 0.6) is 17.2 Å². The summed E-state index contributed by atoms with van der Waals surface area (Å²) in [4.78, 5) is 17.1. The van der Waals surface area contributed by atoms with Gasteiger partial charge in [-0.25, -0.2) is 4.98 Å². The first-order chi connectivity index (χ1) is 17.1. The van der Waals surface area contributed by atoms with Gasteiger partial charge in [0, 0.05) is 36.6 Å². The van der Waals surface area contributed by atoms with E-state index in [-0.39, 0.29) is 18.1 Å². The van der Waals surface area contributed by atoms with Gasteiger partial charge in [0.15, 0.2) is 11.5 Å². The molecule has 3 heterocycles. The molecule has 5 rings (SSSR count). The number of amides is 1. The number of aryl methyl sites for hydroxylation is 1. The normalized spacial score (nSPS) is 16.4. The van der Waals surface area contributed by atoms with Crippen LogP contribution < -0.4 is 19.5 Å². The van der Waals surface area contributed by atoms with Crippen LogP contribution in [0.25, 0.3) is 6.08 Å². The fourth-order valence-electron chi connectivity index (χ4n) is 4.38. The summed E-state index contributed by atoms with van der Waals surface area (Å²) in [6, 6.07) is 13.7. The lowest BCUT2D eigenvalue weighted by molar-refractivity contribution is -0.116. The van der Waals surface area contributed by atoms with Gasteiger partial charge in [-0.3, -0.25) is 4.79 Å². The summed E-state index contributed by atoms with van der Waals surface area (Å²) in [7, 11) is 0. The van der Waals surface area contributed by atoms with Crippen molar-refractivity contribution in [3.63, 3.8) is 0 Å². The third-order valence-corrected chi connectivity index (χ3v) is 7.20. The number of thiazole rings is 1. The molecule has 0 bridgehead atoms. The van der Waals surface area contributed by atoms with Crippen LogP contribution >= 0.6 is 11.3 Å². The summed E-state index contributed by atoms with van der Waals surface area (Å²) >= 11 is 1.61. The number of benzene rings is 2. The first-order valence-electron chi connectivity index (χ1n) is 11.7. The number of hydrogen-bond acceptors (Lipinski definition) is 7. The molecule has 2 aliphatic heterocycles. The Hall–Kier alpha value is -3.36. The molecule has 2 aromatic carbocycles. The topological polar surface area (TPSA) is 78.9 Å². The second kappa shape index (κ2) is 10.5. The Labute approximate surface area is 208 Å². The fourth-order valence-corrected chi connectivity index (χ4v) is 4.98. The highest BCUT2D eigenvalue weighted by Gasteiger charge is 2.35. The van der Waals surface area contributed by atoms with Crippen molar-refractivity contribution in [3.05, 3.63) is 75.7 Å². The molecule has 1 N–H and O–H groups in total. The number of carbonyl (C=O) groups excluding carboxylic acids is 1. The first-order valence-corrected chi connectivity index (χ1v) is 12.6. The van der Waals surface area contributed by atoms with Gasteiger partial charge in [0.05, 0.1) is 10.7 Å². The molecule has 1 amide bonds. The number of carbonyl (C=O) groups is 1. The summed E-state index contributed by atoms with van der Waals surface area (Å²) in [5.41, 5.74) is 2.74. The summed E-state index contributed by atoms with van der Waals surface area (Å²) < 4.78 is 22.5. The SMILES string of the molecule is Cc1nc(COc2cccc(/C=C/C(=O)NCC3(c4ccc5c(c4)OCO5)CCOCC3)c2)cs1. The van der Waals surface area contributed by atoms with E-state index in [9.17, 15) is 4.79 Å². The van der Waals surface area contributed by atoms with E-state index in [1.807, 2.05) is 48.7 Å². The zero-order chi connectivity index (χ0) is 24.1. The molecular weight excluding hydrogens is 464 g/mol. The highest BCUT2D eigenvalue weighted by Crippen LogP contribution is 2.40. The van der Waals surface area contributed by atoms with Gasteiger partial charge in [0.25, 0.3) is 0 Å². The number of nitrogens with zero attached hydrogens (tertiary/aromatic N) is 1. The largest absolute Gasteiger partial charge is 0.487 e. The molecule has 3 aromatic rings. The quantitative estimate of drug-likeness (QED) is 0.462. The molecule has 1 fully saturated rings. The van der Waals surface area contributed by atoms with Gasteiger partial charge < -0.3 is 24.3 Å².